The first-order valence-electron chi connectivity index (χ1n) is 8.63. The Balaban J connectivity index is 1.48. The first kappa shape index (κ1) is 16.2. The van der Waals surface area contributed by atoms with Crippen LogP contribution in [0.4, 0.5) is 0 Å². The molecule has 2 bridgehead atoms. The second-order valence-electron chi connectivity index (χ2n) is 7.61. The molecular weight excluding hydrogens is 300 g/mol. The minimum Gasteiger partial charge on any atom is -0.342 e. The summed E-state index contributed by atoms with van der Waals surface area (Å²) in [6, 6.07) is 0. The van der Waals surface area contributed by atoms with Gasteiger partial charge in [0.25, 0.3) is 0 Å². The van der Waals surface area contributed by atoms with Crippen LogP contribution in [-0.2, 0) is 14.8 Å². The zero-order chi connectivity index (χ0) is 15.7. The summed E-state index contributed by atoms with van der Waals surface area (Å²) in [6.45, 7) is 2.01. The molecule has 0 aromatic heterocycles. The molecule has 126 valence electrons. The van der Waals surface area contributed by atoms with Crippen molar-refractivity contribution in [3.8, 4) is 0 Å². The van der Waals surface area contributed by atoms with Gasteiger partial charge in [-0.05, 0) is 55.8 Å². The maximum atomic E-state index is 12.6. The van der Waals surface area contributed by atoms with E-state index in [1.807, 2.05) is 4.90 Å². The fraction of sp³-hybridized carbons (Fsp3) is 0.938. The molecule has 3 aliphatic rings. The molecule has 5 nitrogen and oxygen atoms in total. The van der Waals surface area contributed by atoms with E-state index in [9.17, 15) is 13.2 Å². The number of sulfonamides is 1. The highest BCUT2D eigenvalue weighted by molar-refractivity contribution is 7.88. The van der Waals surface area contributed by atoms with Gasteiger partial charge in [0.1, 0.15) is 0 Å². The van der Waals surface area contributed by atoms with Gasteiger partial charge in [0.2, 0.25) is 15.9 Å². The van der Waals surface area contributed by atoms with Crippen molar-refractivity contribution in [3.63, 3.8) is 0 Å². The van der Waals surface area contributed by atoms with Crippen molar-refractivity contribution in [1.29, 1.82) is 0 Å². The van der Waals surface area contributed by atoms with Gasteiger partial charge in [-0.25, -0.2) is 13.1 Å². The van der Waals surface area contributed by atoms with Gasteiger partial charge in [0, 0.05) is 26.1 Å². The first-order valence-corrected chi connectivity index (χ1v) is 10.5. The van der Waals surface area contributed by atoms with Gasteiger partial charge in [-0.3, -0.25) is 4.79 Å². The van der Waals surface area contributed by atoms with Gasteiger partial charge in [-0.1, -0.05) is 6.42 Å². The van der Waals surface area contributed by atoms with Gasteiger partial charge in [-0.15, -0.1) is 0 Å². The third-order valence-electron chi connectivity index (χ3n) is 5.83. The average molecular weight is 328 g/mol. The minimum absolute atomic E-state index is 0.257. The maximum Gasteiger partial charge on any atom is 0.222 e. The second-order valence-corrected chi connectivity index (χ2v) is 9.44. The van der Waals surface area contributed by atoms with Crippen LogP contribution in [0.15, 0.2) is 0 Å². The molecule has 6 heteroatoms. The molecule has 22 heavy (non-hydrogen) atoms. The Morgan fingerprint density at radius 2 is 2.05 bits per heavy atom. The monoisotopic (exact) mass is 328 g/mol. The van der Waals surface area contributed by atoms with Gasteiger partial charge in [0.05, 0.1) is 6.26 Å². The summed E-state index contributed by atoms with van der Waals surface area (Å²) in [6.07, 6.45) is 9.18. The number of carbonyl (C=O) groups is 1. The normalized spacial score (nSPS) is 35.0. The molecule has 1 N–H and O–H groups in total. The van der Waals surface area contributed by atoms with Crippen molar-refractivity contribution < 1.29 is 13.2 Å². The Kier molecular flexibility index (Phi) is 4.78. The maximum absolute atomic E-state index is 12.6. The average Bonchev–Trinajstić information content (AvgIpc) is 3.07. The lowest BCUT2D eigenvalue weighted by atomic mass is 9.86. The van der Waals surface area contributed by atoms with Crippen molar-refractivity contribution in [1.82, 2.24) is 9.62 Å². The lowest BCUT2D eigenvalue weighted by Gasteiger charge is -2.34. The Morgan fingerprint density at radius 3 is 2.68 bits per heavy atom. The third-order valence-corrected chi connectivity index (χ3v) is 6.52. The molecular formula is C16H28N2O3S. The summed E-state index contributed by atoms with van der Waals surface area (Å²) in [5.74, 6) is 2.84. The standard InChI is InChI=1S/C16H28N2O3S/c1-22(20,21)17-10-13-3-2-6-18(11-13)16(19)9-15-8-12-4-5-14(15)7-12/h12-15,17H,2-11H2,1H3/t12-,13-,14-,15+/m0/s1. The van der Waals surface area contributed by atoms with Crippen molar-refractivity contribution in [2.24, 2.45) is 23.7 Å². The predicted molar refractivity (Wildman–Crippen MR) is 85.7 cm³/mol. The highest BCUT2D eigenvalue weighted by atomic mass is 32.2. The minimum atomic E-state index is -3.14. The number of piperidine rings is 1. The molecule has 3 rings (SSSR count). The smallest absolute Gasteiger partial charge is 0.222 e. The van der Waals surface area contributed by atoms with E-state index in [4.69, 9.17) is 0 Å². The lowest BCUT2D eigenvalue weighted by Crippen LogP contribution is -2.44. The first-order chi connectivity index (χ1) is 10.4. The van der Waals surface area contributed by atoms with Gasteiger partial charge < -0.3 is 4.90 Å². The summed E-state index contributed by atoms with van der Waals surface area (Å²) in [4.78, 5) is 14.5. The van der Waals surface area contributed by atoms with Gasteiger partial charge in [-0.2, -0.15) is 0 Å². The molecule has 1 aliphatic heterocycles. The summed E-state index contributed by atoms with van der Waals surface area (Å²) < 4.78 is 25.0. The molecule has 0 aromatic carbocycles. The molecule has 1 heterocycles. The summed E-state index contributed by atoms with van der Waals surface area (Å²) >= 11 is 0. The van der Waals surface area contributed by atoms with E-state index < -0.39 is 10.0 Å². The van der Waals surface area contributed by atoms with E-state index in [-0.39, 0.29) is 5.92 Å². The lowest BCUT2D eigenvalue weighted by molar-refractivity contribution is -0.134. The zero-order valence-electron chi connectivity index (χ0n) is 13.5. The van der Waals surface area contributed by atoms with Crippen LogP contribution < -0.4 is 4.72 Å². The molecule has 3 fully saturated rings. The van der Waals surface area contributed by atoms with Crippen molar-refractivity contribution in [2.75, 3.05) is 25.9 Å². The summed E-state index contributed by atoms with van der Waals surface area (Å²) in [5, 5.41) is 0. The largest absolute Gasteiger partial charge is 0.342 e. The van der Waals surface area contributed by atoms with Crippen molar-refractivity contribution in [3.05, 3.63) is 0 Å². The Labute approximate surface area is 133 Å². The molecule has 2 aliphatic carbocycles. The number of nitrogens with zero attached hydrogens (tertiary/aromatic N) is 1. The number of fused-ring (bicyclic) bond motifs is 2. The highest BCUT2D eigenvalue weighted by Crippen LogP contribution is 2.49. The Bertz CT molecular complexity index is 519. The number of nitrogens with one attached hydrogen (secondary N) is 1. The zero-order valence-corrected chi connectivity index (χ0v) is 14.3. The number of hydrogen-bond donors (Lipinski definition) is 1. The molecule has 1 amide bonds. The van der Waals surface area contributed by atoms with Crippen molar-refractivity contribution >= 4 is 15.9 Å². The van der Waals surface area contributed by atoms with E-state index in [0.29, 0.717) is 31.3 Å². The topological polar surface area (TPSA) is 66.5 Å². The second kappa shape index (κ2) is 6.48. The van der Waals surface area contributed by atoms with Crippen LogP contribution in [0.1, 0.15) is 44.9 Å². The van der Waals surface area contributed by atoms with E-state index in [1.165, 1.54) is 31.9 Å². The van der Waals surface area contributed by atoms with Crippen LogP contribution >= 0.6 is 0 Å². The fourth-order valence-electron chi connectivity index (χ4n) is 4.71. The predicted octanol–water partition coefficient (Wildman–Crippen LogP) is 1.60. The SMILES string of the molecule is CS(=O)(=O)NC[C@@H]1CCCN(C(=O)C[C@H]2C[C@H]3CC[C@H]2C3)C1. The molecule has 0 aromatic rings. The molecule has 0 spiro atoms. The van der Waals surface area contributed by atoms with Crippen molar-refractivity contribution in [2.45, 2.75) is 44.9 Å². The summed E-state index contributed by atoms with van der Waals surface area (Å²) in [7, 11) is -3.14. The van der Waals surface area contributed by atoms with Gasteiger partial charge >= 0.3 is 0 Å². The van der Waals surface area contributed by atoms with Crippen LogP contribution in [-0.4, -0.2) is 45.1 Å². The van der Waals surface area contributed by atoms with E-state index >= 15 is 0 Å². The number of likely N-dealkylation sites (tertiary alicyclic amines) is 1. The summed E-state index contributed by atoms with van der Waals surface area (Å²) in [5.41, 5.74) is 0. The van der Waals surface area contributed by atoms with Crippen LogP contribution in [0.3, 0.4) is 0 Å². The number of amides is 1. The van der Waals surface area contributed by atoms with E-state index in [2.05, 4.69) is 4.72 Å². The van der Waals surface area contributed by atoms with Gasteiger partial charge in [0.15, 0.2) is 0 Å². The number of hydrogen-bond acceptors (Lipinski definition) is 3. The number of carbonyl (C=O) groups excluding carboxylic acids is 1. The van der Waals surface area contributed by atoms with Crippen LogP contribution in [0, 0.1) is 23.7 Å². The molecule has 0 radical (unpaired) electrons. The fourth-order valence-corrected chi connectivity index (χ4v) is 5.25. The molecule has 4 atom stereocenters. The highest BCUT2D eigenvalue weighted by Gasteiger charge is 2.40. The van der Waals surface area contributed by atoms with Crippen LogP contribution in [0.5, 0.6) is 0 Å². The number of rotatable bonds is 5. The van der Waals surface area contributed by atoms with E-state index in [1.54, 1.807) is 0 Å². The quantitative estimate of drug-likeness (QED) is 0.833. The molecule has 1 saturated heterocycles. The molecule has 2 saturated carbocycles. The third kappa shape index (κ3) is 4.02. The van der Waals surface area contributed by atoms with E-state index in [0.717, 1.165) is 31.2 Å². The van der Waals surface area contributed by atoms with Crippen LogP contribution in [0.25, 0.3) is 0 Å². The Morgan fingerprint density at radius 1 is 1.23 bits per heavy atom. The van der Waals surface area contributed by atoms with Crippen LogP contribution in [0.2, 0.25) is 0 Å². The molecule has 0 unspecified atom stereocenters. The Hall–Kier alpha value is -0.620.